The maximum atomic E-state index is 9.68. The molecule has 0 aromatic rings. The van der Waals surface area contributed by atoms with E-state index in [2.05, 4.69) is 21.7 Å². The van der Waals surface area contributed by atoms with Crippen LogP contribution in [-0.4, -0.2) is 82.5 Å². The van der Waals surface area contributed by atoms with Crippen molar-refractivity contribution in [2.75, 3.05) is 26.2 Å². The van der Waals surface area contributed by atoms with Gasteiger partial charge in [0.15, 0.2) is 0 Å². The van der Waals surface area contributed by atoms with E-state index in [1.165, 1.54) is 0 Å². The molecule has 0 aromatic carbocycles. The summed E-state index contributed by atoms with van der Waals surface area (Å²) < 4.78 is 0. The topological polar surface area (TPSA) is 79.5 Å². The molecule has 4 unspecified atom stereocenters. The van der Waals surface area contributed by atoms with Crippen molar-refractivity contribution in [1.82, 2.24) is 9.91 Å². The first-order valence-corrected chi connectivity index (χ1v) is 6.10. The molecule has 2 rings (SSSR count). The molecule has 2 bridgehead atoms. The van der Waals surface area contributed by atoms with Gasteiger partial charge in [-0.25, -0.2) is 0 Å². The number of aliphatic hydroxyl groups excluding tert-OH is 3. The number of fused-ring (bicyclic) bond motifs is 2. The summed E-state index contributed by atoms with van der Waals surface area (Å²) in [6.07, 6.45) is 0.281. The summed E-state index contributed by atoms with van der Waals surface area (Å²) in [5, 5.41) is 33.9. The summed E-state index contributed by atoms with van der Waals surface area (Å²) in [4.78, 5) is 2.13. The van der Waals surface area contributed by atoms with Crippen LogP contribution in [0.4, 0.5) is 0 Å². The summed E-state index contributed by atoms with van der Waals surface area (Å²) in [7, 11) is 0. The van der Waals surface area contributed by atoms with E-state index >= 15 is 0 Å². The Hall–Kier alpha value is -0.690. The van der Waals surface area contributed by atoms with Crippen molar-refractivity contribution in [3.05, 3.63) is 0 Å². The average molecular weight is 243 g/mol. The van der Waals surface area contributed by atoms with Gasteiger partial charge in [-0.3, -0.25) is 9.91 Å². The van der Waals surface area contributed by atoms with Crippen LogP contribution in [0.3, 0.4) is 0 Å². The Morgan fingerprint density at radius 3 is 2.24 bits per heavy atom. The van der Waals surface area contributed by atoms with Gasteiger partial charge in [0.25, 0.3) is 0 Å². The number of aliphatic hydroxyl groups is 3. The van der Waals surface area contributed by atoms with Crippen LogP contribution < -0.4 is 0 Å². The molecule has 2 aliphatic rings. The summed E-state index contributed by atoms with van der Waals surface area (Å²) in [6, 6.07) is 0.759. The standard InChI is InChI=1S/C11H21N3O3/c1-12-14-8-2-3-9(14)5-13(4-8)6-10(16)11(17)7-15/h8-11,15-17H,1-7H2. The lowest BCUT2D eigenvalue weighted by molar-refractivity contribution is -0.0415. The minimum absolute atomic E-state index is 0.379. The SMILES string of the molecule is C=NN1C2CCC1CN(CC(O)C(O)CO)C2. The number of β-amino-alcohol motifs (C(OH)–C–C–N with tert-alkyl or cyclic N) is 1. The van der Waals surface area contributed by atoms with Crippen LogP contribution in [0.2, 0.25) is 0 Å². The lowest BCUT2D eigenvalue weighted by Crippen LogP contribution is -2.54. The van der Waals surface area contributed by atoms with Gasteiger partial charge < -0.3 is 15.3 Å². The largest absolute Gasteiger partial charge is 0.394 e. The van der Waals surface area contributed by atoms with Gasteiger partial charge >= 0.3 is 0 Å². The first kappa shape index (κ1) is 12.8. The number of likely N-dealkylation sites (tertiary alicyclic amines) is 1. The van der Waals surface area contributed by atoms with Gasteiger partial charge in [-0.05, 0) is 12.8 Å². The number of rotatable bonds is 5. The Morgan fingerprint density at radius 1 is 1.18 bits per heavy atom. The molecular formula is C11H21N3O3. The smallest absolute Gasteiger partial charge is 0.104 e. The Bertz CT molecular complexity index is 263. The first-order valence-electron chi connectivity index (χ1n) is 6.10. The molecule has 0 radical (unpaired) electrons. The molecule has 2 aliphatic heterocycles. The van der Waals surface area contributed by atoms with Crippen LogP contribution in [0.25, 0.3) is 0 Å². The zero-order valence-corrected chi connectivity index (χ0v) is 9.94. The molecule has 0 aromatic heterocycles. The number of hydrogen-bond donors (Lipinski definition) is 3. The number of hydrogen-bond acceptors (Lipinski definition) is 6. The maximum absolute atomic E-state index is 9.68. The fraction of sp³-hybridized carbons (Fsp3) is 0.909. The second-order valence-corrected chi connectivity index (χ2v) is 4.94. The average Bonchev–Trinajstić information content (AvgIpc) is 2.58. The predicted octanol–water partition coefficient (Wildman–Crippen LogP) is -1.54. The fourth-order valence-electron chi connectivity index (χ4n) is 2.86. The van der Waals surface area contributed by atoms with E-state index in [0.717, 1.165) is 25.9 Å². The van der Waals surface area contributed by atoms with Crippen molar-refractivity contribution in [2.24, 2.45) is 5.10 Å². The summed E-state index contributed by atoms with van der Waals surface area (Å²) in [5.41, 5.74) is 0. The van der Waals surface area contributed by atoms with E-state index in [1.807, 2.05) is 0 Å². The van der Waals surface area contributed by atoms with Crippen LogP contribution in [-0.2, 0) is 0 Å². The summed E-state index contributed by atoms with van der Waals surface area (Å²) in [6.45, 7) is 5.27. The van der Waals surface area contributed by atoms with E-state index in [1.54, 1.807) is 0 Å². The van der Waals surface area contributed by atoms with Gasteiger partial charge in [-0.1, -0.05) is 0 Å². The highest BCUT2D eigenvalue weighted by Crippen LogP contribution is 2.30. The molecule has 3 N–H and O–H groups in total. The van der Waals surface area contributed by atoms with Crippen LogP contribution in [0.15, 0.2) is 5.10 Å². The van der Waals surface area contributed by atoms with Crippen molar-refractivity contribution < 1.29 is 15.3 Å². The van der Waals surface area contributed by atoms with E-state index in [4.69, 9.17) is 5.11 Å². The molecule has 2 heterocycles. The quantitative estimate of drug-likeness (QED) is 0.510. The highest BCUT2D eigenvalue weighted by molar-refractivity contribution is 5.23. The third-order valence-corrected chi connectivity index (χ3v) is 3.76. The highest BCUT2D eigenvalue weighted by Gasteiger charge is 2.39. The minimum atomic E-state index is -1.05. The van der Waals surface area contributed by atoms with Crippen molar-refractivity contribution in [3.8, 4) is 0 Å². The molecule has 6 nitrogen and oxygen atoms in total. The van der Waals surface area contributed by atoms with Gasteiger partial charge in [0, 0.05) is 26.4 Å². The van der Waals surface area contributed by atoms with Crippen molar-refractivity contribution >= 4 is 6.72 Å². The zero-order chi connectivity index (χ0) is 12.4. The number of nitrogens with zero attached hydrogens (tertiary/aromatic N) is 3. The van der Waals surface area contributed by atoms with Crippen LogP contribution in [0.1, 0.15) is 12.8 Å². The van der Waals surface area contributed by atoms with E-state index in [-0.39, 0.29) is 0 Å². The van der Waals surface area contributed by atoms with Crippen molar-refractivity contribution in [3.63, 3.8) is 0 Å². The molecule has 17 heavy (non-hydrogen) atoms. The second-order valence-electron chi connectivity index (χ2n) is 4.94. The van der Waals surface area contributed by atoms with Gasteiger partial charge in [0.05, 0.1) is 24.8 Å². The van der Waals surface area contributed by atoms with Gasteiger partial charge in [0.1, 0.15) is 6.10 Å². The number of piperazine rings is 1. The third-order valence-electron chi connectivity index (χ3n) is 3.76. The fourth-order valence-corrected chi connectivity index (χ4v) is 2.86. The molecule has 0 aliphatic carbocycles. The Balaban J connectivity index is 1.87. The van der Waals surface area contributed by atoms with E-state index < -0.39 is 18.8 Å². The minimum Gasteiger partial charge on any atom is -0.394 e. The molecule has 2 saturated heterocycles. The normalized spacial score (nSPS) is 32.5. The molecular weight excluding hydrogens is 222 g/mol. The number of hydrazone groups is 1. The third kappa shape index (κ3) is 2.60. The predicted molar refractivity (Wildman–Crippen MR) is 63.7 cm³/mol. The molecule has 2 fully saturated rings. The lowest BCUT2D eigenvalue weighted by Gasteiger charge is -2.40. The van der Waals surface area contributed by atoms with E-state index in [9.17, 15) is 10.2 Å². The lowest BCUT2D eigenvalue weighted by atomic mass is 10.1. The Labute approximate surface area is 101 Å². The Morgan fingerprint density at radius 2 is 1.76 bits per heavy atom. The highest BCUT2D eigenvalue weighted by atomic mass is 16.4. The zero-order valence-electron chi connectivity index (χ0n) is 9.94. The van der Waals surface area contributed by atoms with Gasteiger partial charge in [0.2, 0.25) is 0 Å². The molecule has 0 spiro atoms. The molecule has 0 amide bonds. The van der Waals surface area contributed by atoms with Crippen LogP contribution in [0.5, 0.6) is 0 Å². The van der Waals surface area contributed by atoms with Gasteiger partial charge in [-0.15, -0.1) is 0 Å². The summed E-state index contributed by atoms with van der Waals surface area (Å²) in [5.74, 6) is 0. The van der Waals surface area contributed by atoms with Crippen LogP contribution >= 0.6 is 0 Å². The summed E-state index contributed by atoms with van der Waals surface area (Å²) >= 11 is 0. The van der Waals surface area contributed by atoms with Crippen LogP contribution in [0, 0.1) is 0 Å². The van der Waals surface area contributed by atoms with Gasteiger partial charge in [-0.2, -0.15) is 5.10 Å². The molecule has 6 heteroatoms. The first-order chi connectivity index (χ1) is 8.15. The van der Waals surface area contributed by atoms with Crippen molar-refractivity contribution in [2.45, 2.75) is 37.1 Å². The molecule has 98 valence electrons. The second kappa shape index (κ2) is 5.30. The maximum Gasteiger partial charge on any atom is 0.104 e. The monoisotopic (exact) mass is 243 g/mol. The molecule has 4 atom stereocenters. The van der Waals surface area contributed by atoms with E-state index in [0.29, 0.717) is 18.6 Å². The molecule has 0 saturated carbocycles. The Kier molecular flexibility index (Phi) is 3.98. The van der Waals surface area contributed by atoms with Crippen molar-refractivity contribution in [1.29, 1.82) is 0 Å².